The van der Waals surface area contributed by atoms with Crippen LogP contribution in [0.1, 0.15) is 23.9 Å². The lowest BCUT2D eigenvalue weighted by Gasteiger charge is -2.09. The Hall–Kier alpha value is -0.710. The third-order valence-electron chi connectivity index (χ3n) is 3.40. The Kier molecular flexibility index (Phi) is 5.13. The summed E-state index contributed by atoms with van der Waals surface area (Å²) in [6, 6.07) is 6.31. The molecule has 0 saturated carbocycles. The first-order valence-electron chi connectivity index (χ1n) is 6.55. The van der Waals surface area contributed by atoms with Crippen molar-refractivity contribution in [1.29, 1.82) is 0 Å². The predicted molar refractivity (Wildman–Crippen MR) is 86.5 cm³/mol. The average molecular weight is 339 g/mol. The SMILES string of the molecule is CCC(CN)Cc1nc(-c2cc(Br)ccc2C)cs1. The third-order valence-corrected chi connectivity index (χ3v) is 4.77. The van der Waals surface area contributed by atoms with E-state index in [0.29, 0.717) is 5.92 Å². The van der Waals surface area contributed by atoms with Crippen LogP contribution >= 0.6 is 27.3 Å². The molecule has 0 spiro atoms. The first-order chi connectivity index (χ1) is 9.13. The van der Waals surface area contributed by atoms with Crippen molar-refractivity contribution >= 4 is 27.3 Å². The Balaban J connectivity index is 2.23. The molecule has 1 atom stereocenters. The van der Waals surface area contributed by atoms with Crippen LogP contribution in [0.5, 0.6) is 0 Å². The molecule has 102 valence electrons. The normalized spacial score (nSPS) is 12.6. The molecular formula is C15H19BrN2S. The molecule has 0 aliphatic carbocycles. The van der Waals surface area contributed by atoms with Crippen LogP contribution in [0.25, 0.3) is 11.3 Å². The van der Waals surface area contributed by atoms with E-state index in [2.05, 4.69) is 53.4 Å². The van der Waals surface area contributed by atoms with Crippen LogP contribution in [0, 0.1) is 12.8 Å². The molecular weight excluding hydrogens is 320 g/mol. The van der Waals surface area contributed by atoms with E-state index in [1.165, 1.54) is 16.1 Å². The van der Waals surface area contributed by atoms with Crippen molar-refractivity contribution in [2.24, 2.45) is 11.7 Å². The summed E-state index contributed by atoms with van der Waals surface area (Å²) in [5, 5.41) is 3.33. The Morgan fingerprint density at radius 3 is 2.89 bits per heavy atom. The lowest BCUT2D eigenvalue weighted by Crippen LogP contribution is -2.15. The average Bonchev–Trinajstić information content (AvgIpc) is 2.87. The number of nitrogens with zero attached hydrogens (tertiary/aromatic N) is 1. The predicted octanol–water partition coefficient (Wildman–Crippen LogP) is 4.41. The summed E-state index contributed by atoms with van der Waals surface area (Å²) in [6.45, 7) is 5.04. The zero-order valence-corrected chi connectivity index (χ0v) is 13.7. The van der Waals surface area contributed by atoms with Crippen LogP contribution < -0.4 is 5.73 Å². The van der Waals surface area contributed by atoms with Gasteiger partial charge in [-0.25, -0.2) is 4.98 Å². The van der Waals surface area contributed by atoms with E-state index in [1.807, 2.05) is 0 Å². The summed E-state index contributed by atoms with van der Waals surface area (Å²) in [6.07, 6.45) is 2.10. The largest absolute Gasteiger partial charge is 0.330 e. The number of halogens is 1. The molecule has 0 fully saturated rings. The highest BCUT2D eigenvalue weighted by Gasteiger charge is 2.11. The van der Waals surface area contributed by atoms with E-state index in [0.717, 1.165) is 29.6 Å². The van der Waals surface area contributed by atoms with Crippen molar-refractivity contribution in [2.45, 2.75) is 26.7 Å². The van der Waals surface area contributed by atoms with Gasteiger partial charge in [0.25, 0.3) is 0 Å². The molecule has 2 aromatic rings. The van der Waals surface area contributed by atoms with Crippen LogP contribution in [-0.4, -0.2) is 11.5 Å². The van der Waals surface area contributed by atoms with Gasteiger partial charge in [0, 0.05) is 21.8 Å². The number of hydrogen-bond donors (Lipinski definition) is 1. The number of thiazole rings is 1. The lowest BCUT2D eigenvalue weighted by molar-refractivity contribution is 0.518. The van der Waals surface area contributed by atoms with E-state index in [9.17, 15) is 0 Å². The zero-order valence-electron chi connectivity index (χ0n) is 11.3. The molecule has 0 saturated heterocycles. The fraction of sp³-hybridized carbons (Fsp3) is 0.400. The summed E-state index contributed by atoms with van der Waals surface area (Å²) in [4.78, 5) is 4.76. The first kappa shape index (κ1) is 14.7. The number of hydrogen-bond acceptors (Lipinski definition) is 3. The minimum absolute atomic E-state index is 0.544. The second-order valence-corrected chi connectivity index (χ2v) is 6.66. The Morgan fingerprint density at radius 2 is 2.21 bits per heavy atom. The zero-order chi connectivity index (χ0) is 13.8. The molecule has 2 N–H and O–H groups in total. The van der Waals surface area contributed by atoms with Crippen molar-refractivity contribution in [3.63, 3.8) is 0 Å². The van der Waals surface area contributed by atoms with Crippen LogP contribution in [0.15, 0.2) is 28.1 Å². The fourth-order valence-corrected chi connectivity index (χ4v) is 3.31. The maximum atomic E-state index is 5.76. The van der Waals surface area contributed by atoms with Gasteiger partial charge in [-0.2, -0.15) is 0 Å². The molecule has 0 radical (unpaired) electrons. The van der Waals surface area contributed by atoms with Gasteiger partial charge < -0.3 is 5.73 Å². The smallest absolute Gasteiger partial charge is 0.0935 e. The summed E-state index contributed by atoms with van der Waals surface area (Å²) in [7, 11) is 0. The van der Waals surface area contributed by atoms with Crippen molar-refractivity contribution in [3.8, 4) is 11.3 Å². The van der Waals surface area contributed by atoms with Crippen molar-refractivity contribution in [1.82, 2.24) is 4.98 Å². The molecule has 2 nitrogen and oxygen atoms in total. The standard InChI is InChI=1S/C15H19BrN2S/c1-3-11(8-17)6-15-18-14(9-19-15)13-7-12(16)5-4-10(13)2/h4-5,7,9,11H,3,6,8,17H2,1-2H3. The second kappa shape index (κ2) is 6.64. The summed E-state index contributed by atoms with van der Waals surface area (Å²) < 4.78 is 1.09. The topological polar surface area (TPSA) is 38.9 Å². The highest BCUT2D eigenvalue weighted by atomic mass is 79.9. The van der Waals surface area contributed by atoms with Gasteiger partial charge in [0.2, 0.25) is 0 Å². The maximum Gasteiger partial charge on any atom is 0.0935 e. The van der Waals surface area contributed by atoms with Gasteiger partial charge in [0.1, 0.15) is 0 Å². The first-order valence-corrected chi connectivity index (χ1v) is 8.22. The third kappa shape index (κ3) is 3.65. The lowest BCUT2D eigenvalue weighted by atomic mass is 10.0. The number of rotatable bonds is 5. The quantitative estimate of drug-likeness (QED) is 0.876. The van der Waals surface area contributed by atoms with Gasteiger partial charge in [-0.15, -0.1) is 11.3 Å². The Labute approximate surface area is 127 Å². The molecule has 0 aliphatic heterocycles. The molecule has 2 rings (SSSR count). The molecule has 19 heavy (non-hydrogen) atoms. The molecule has 4 heteroatoms. The van der Waals surface area contributed by atoms with Gasteiger partial charge in [0.05, 0.1) is 10.7 Å². The van der Waals surface area contributed by atoms with Crippen LogP contribution in [-0.2, 0) is 6.42 Å². The molecule has 1 aromatic carbocycles. The van der Waals surface area contributed by atoms with Gasteiger partial charge >= 0.3 is 0 Å². The van der Waals surface area contributed by atoms with Crippen LogP contribution in [0.3, 0.4) is 0 Å². The summed E-state index contributed by atoms with van der Waals surface area (Å²) >= 11 is 5.26. The molecule has 0 aliphatic rings. The minimum Gasteiger partial charge on any atom is -0.330 e. The van der Waals surface area contributed by atoms with E-state index in [-0.39, 0.29) is 0 Å². The summed E-state index contributed by atoms with van der Waals surface area (Å²) in [5.74, 6) is 0.544. The van der Waals surface area contributed by atoms with Gasteiger partial charge in [0.15, 0.2) is 0 Å². The van der Waals surface area contributed by atoms with Crippen molar-refractivity contribution in [3.05, 3.63) is 38.6 Å². The van der Waals surface area contributed by atoms with Gasteiger partial charge in [-0.05, 0) is 37.1 Å². The Bertz CT molecular complexity index is 547. The van der Waals surface area contributed by atoms with E-state index in [1.54, 1.807) is 11.3 Å². The molecule has 1 unspecified atom stereocenters. The van der Waals surface area contributed by atoms with E-state index in [4.69, 9.17) is 10.7 Å². The number of nitrogens with two attached hydrogens (primary N) is 1. The van der Waals surface area contributed by atoms with Crippen molar-refractivity contribution < 1.29 is 0 Å². The number of aromatic nitrogens is 1. The molecule has 0 amide bonds. The molecule has 1 heterocycles. The van der Waals surface area contributed by atoms with E-state index >= 15 is 0 Å². The number of aryl methyl sites for hydroxylation is 1. The highest BCUT2D eigenvalue weighted by Crippen LogP contribution is 2.28. The minimum atomic E-state index is 0.544. The van der Waals surface area contributed by atoms with E-state index < -0.39 is 0 Å². The summed E-state index contributed by atoms with van der Waals surface area (Å²) in [5.41, 5.74) is 9.30. The molecule has 1 aromatic heterocycles. The highest BCUT2D eigenvalue weighted by molar-refractivity contribution is 9.10. The second-order valence-electron chi connectivity index (χ2n) is 4.80. The van der Waals surface area contributed by atoms with Crippen LogP contribution in [0.4, 0.5) is 0 Å². The molecule has 0 bridgehead atoms. The van der Waals surface area contributed by atoms with Gasteiger partial charge in [-0.3, -0.25) is 0 Å². The number of benzene rings is 1. The monoisotopic (exact) mass is 338 g/mol. The van der Waals surface area contributed by atoms with Crippen LogP contribution in [0.2, 0.25) is 0 Å². The maximum absolute atomic E-state index is 5.76. The Morgan fingerprint density at radius 1 is 1.42 bits per heavy atom. The van der Waals surface area contributed by atoms with Gasteiger partial charge in [-0.1, -0.05) is 35.3 Å². The van der Waals surface area contributed by atoms with Crippen molar-refractivity contribution in [2.75, 3.05) is 6.54 Å². The fourth-order valence-electron chi connectivity index (χ4n) is 2.04.